The number of halogens is 1. The molecule has 0 N–H and O–H groups in total. The van der Waals surface area contributed by atoms with Crippen LogP contribution in [0.4, 0.5) is 5.69 Å². The van der Waals surface area contributed by atoms with Crippen LogP contribution in [0.5, 0.6) is 0 Å². The molecule has 0 atom stereocenters. The Bertz CT molecular complexity index is 904. The van der Waals surface area contributed by atoms with Gasteiger partial charge in [-0.3, -0.25) is 10.1 Å². The third-order valence-electron chi connectivity index (χ3n) is 3.75. The highest BCUT2D eigenvalue weighted by molar-refractivity contribution is 9.10. The number of nitro groups is 1. The second-order valence-electron chi connectivity index (χ2n) is 5.37. The lowest BCUT2D eigenvalue weighted by atomic mass is 10.3. The number of aromatic nitrogens is 1. The summed E-state index contributed by atoms with van der Waals surface area (Å²) < 4.78 is 3.19. The monoisotopic (exact) mass is 402 g/mol. The first kappa shape index (κ1) is 16.8. The van der Waals surface area contributed by atoms with Gasteiger partial charge in [0.1, 0.15) is 0 Å². The smallest absolute Gasteiger partial charge is 0.283 e. The van der Waals surface area contributed by atoms with Gasteiger partial charge in [-0.2, -0.15) is 0 Å². The second-order valence-corrected chi connectivity index (χ2v) is 7.37. The highest BCUT2D eigenvalue weighted by Gasteiger charge is 2.17. The summed E-state index contributed by atoms with van der Waals surface area (Å²) in [4.78, 5) is 12.5. The minimum atomic E-state index is -0.337. The number of benzene rings is 2. The molecule has 1 heterocycles. The van der Waals surface area contributed by atoms with Crippen molar-refractivity contribution in [3.8, 4) is 5.69 Å². The molecule has 0 aliphatic heterocycles. The number of nitrogens with zero attached hydrogens (tertiary/aromatic N) is 2. The molecule has 0 radical (unpaired) electrons. The number of aryl methyl sites for hydroxylation is 1. The molecular formula is C18H15BrN2O2S. The first-order valence-electron chi connectivity index (χ1n) is 7.33. The summed E-state index contributed by atoms with van der Waals surface area (Å²) in [6, 6.07) is 17.0. The normalized spacial score (nSPS) is 10.8. The maximum Gasteiger partial charge on any atom is 0.283 e. The predicted molar refractivity (Wildman–Crippen MR) is 100 cm³/mol. The SMILES string of the molecule is Cc1cc(Sc2ccccc2[N+](=O)[O-])c(C)n1-c1ccc(Br)cc1. The maximum absolute atomic E-state index is 11.2. The summed E-state index contributed by atoms with van der Waals surface area (Å²) in [5, 5.41) is 11.2. The summed E-state index contributed by atoms with van der Waals surface area (Å²) in [5.41, 5.74) is 3.37. The first-order valence-corrected chi connectivity index (χ1v) is 8.94. The minimum absolute atomic E-state index is 0.135. The zero-order valence-electron chi connectivity index (χ0n) is 13.2. The topological polar surface area (TPSA) is 48.1 Å². The van der Waals surface area contributed by atoms with Crippen molar-refractivity contribution in [1.29, 1.82) is 0 Å². The average Bonchev–Trinajstić information content (AvgIpc) is 2.83. The molecule has 0 saturated heterocycles. The molecule has 24 heavy (non-hydrogen) atoms. The molecule has 0 aliphatic carbocycles. The van der Waals surface area contributed by atoms with E-state index >= 15 is 0 Å². The van der Waals surface area contributed by atoms with Gasteiger partial charge in [-0.25, -0.2) is 0 Å². The van der Waals surface area contributed by atoms with Crippen LogP contribution in [-0.2, 0) is 0 Å². The van der Waals surface area contributed by atoms with Crippen LogP contribution in [-0.4, -0.2) is 9.49 Å². The fourth-order valence-electron chi connectivity index (χ4n) is 2.64. The molecule has 2 aromatic carbocycles. The minimum Gasteiger partial charge on any atom is -0.317 e. The first-order chi connectivity index (χ1) is 11.5. The van der Waals surface area contributed by atoms with E-state index in [1.807, 2.05) is 44.2 Å². The number of rotatable bonds is 4. The van der Waals surface area contributed by atoms with E-state index in [0.29, 0.717) is 4.90 Å². The molecule has 0 fully saturated rings. The predicted octanol–water partition coefficient (Wildman–Crippen LogP) is 5.92. The summed E-state index contributed by atoms with van der Waals surface area (Å²) in [5.74, 6) is 0. The van der Waals surface area contributed by atoms with E-state index < -0.39 is 0 Å². The molecule has 3 aromatic rings. The zero-order chi connectivity index (χ0) is 17.3. The lowest BCUT2D eigenvalue weighted by molar-refractivity contribution is -0.387. The molecule has 0 unspecified atom stereocenters. The standard InChI is InChI=1S/C18H15BrN2O2S/c1-12-11-18(24-17-6-4-3-5-16(17)21(22)23)13(2)20(12)15-9-7-14(19)8-10-15/h3-11H,1-2H3. The van der Waals surface area contributed by atoms with Crippen molar-refractivity contribution in [3.63, 3.8) is 0 Å². The average molecular weight is 403 g/mol. The Hall–Kier alpha value is -2.05. The summed E-state index contributed by atoms with van der Waals surface area (Å²) in [6.45, 7) is 4.07. The summed E-state index contributed by atoms with van der Waals surface area (Å²) >= 11 is 4.88. The van der Waals surface area contributed by atoms with Crippen LogP contribution in [0.15, 0.2) is 68.9 Å². The summed E-state index contributed by atoms with van der Waals surface area (Å²) in [6.07, 6.45) is 0. The van der Waals surface area contributed by atoms with Gasteiger partial charge in [-0.15, -0.1) is 0 Å². The van der Waals surface area contributed by atoms with E-state index in [1.165, 1.54) is 17.8 Å². The van der Waals surface area contributed by atoms with Crippen LogP contribution in [0.25, 0.3) is 5.69 Å². The largest absolute Gasteiger partial charge is 0.317 e. The Morgan fingerprint density at radius 2 is 1.71 bits per heavy atom. The molecule has 4 nitrogen and oxygen atoms in total. The van der Waals surface area contributed by atoms with Gasteiger partial charge < -0.3 is 4.57 Å². The number of nitro benzene ring substituents is 1. The van der Waals surface area contributed by atoms with Crippen molar-refractivity contribution in [2.24, 2.45) is 0 Å². The molecule has 0 bridgehead atoms. The van der Waals surface area contributed by atoms with Gasteiger partial charge in [-0.1, -0.05) is 39.8 Å². The van der Waals surface area contributed by atoms with Gasteiger partial charge in [0.2, 0.25) is 0 Å². The van der Waals surface area contributed by atoms with Gasteiger partial charge in [0.25, 0.3) is 5.69 Å². The quantitative estimate of drug-likeness (QED) is 0.402. The molecule has 1 aromatic heterocycles. The number of para-hydroxylation sites is 1. The van der Waals surface area contributed by atoms with Crippen LogP contribution in [0.1, 0.15) is 11.4 Å². The summed E-state index contributed by atoms with van der Waals surface area (Å²) in [7, 11) is 0. The lowest BCUT2D eigenvalue weighted by Gasteiger charge is -2.10. The van der Waals surface area contributed by atoms with E-state index in [1.54, 1.807) is 12.1 Å². The molecular weight excluding hydrogens is 388 g/mol. The van der Waals surface area contributed by atoms with E-state index in [2.05, 4.69) is 26.6 Å². The van der Waals surface area contributed by atoms with Crippen molar-refractivity contribution >= 4 is 33.4 Å². The highest BCUT2D eigenvalue weighted by atomic mass is 79.9. The highest BCUT2D eigenvalue weighted by Crippen LogP contribution is 2.38. The van der Waals surface area contributed by atoms with Crippen molar-refractivity contribution in [1.82, 2.24) is 4.57 Å². The Balaban J connectivity index is 2.01. The van der Waals surface area contributed by atoms with Gasteiger partial charge in [0.05, 0.1) is 9.82 Å². The fourth-order valence-corrected chi connectivity index (χ4v) is 4.00. The molecule has 0 aliphatic rings. The van der Waals surface area contributed by atoms with Crippen LogP contribution in [0.2, 0.25) is 0 Å². The van der Waals surface area contributed by atoms with Crippen molar-refractivity contribution in [2.75, 3.05) is 0 Å². The van der Waals surface area contributed by atoms with E-state index in [0.717, 1.165) is 26.4 Å². The third-order valence-corrected chi connectivity index (χ3v) is 5.48. The molecule has 6 heteroatoms. The maximum atomic E-state index is 11.2. The fraction of sp³-hybridized carbons (Fsp3) is 0.111. The van der Waals surface area contributed by atoms with Gasteiger partial charge in [0.15, 0.2) is 0 Å². The van der Waals surface area contributed by atoms with E-state index in [9.17, 15) is 10.1 Å². The van der Waals surface area contributed by atoms with Crippen molar-refractivity contribution in [2.45, 2.75) is 23.6 Å². The van der Waals surface area contributed by atoms with Gasteiger partial charge in [0, 0.05) is 32.5 Å². The number of hydrogen-bond acceptors (Lipinski definition) is 3. The lowest BCUT2D eigenvalue weighted by Crippen LogP contribution is -1.98. The van der Waals surface area contributed by atoms with Crippen LogP contribution in [0, 0.1) is 24.0 Å². The van der Waals surface area contributed by atoms with Crippen LogP contribution >= 0.6 is 27.7 Å². The number of hydrogen-bond donors (Lipinski definition) is 0. The molecule has 3 rings (SSSR count). The van der Waals surface area contributed by atoms with E-state index in [-0.39, 0.29) is 10.6 Å². The molecule has 122 valence electrons. The Morgan fingerprint density at radius 1 is 1.04 bits per heavy atom. The second kappa shape index (κ2) is 6.83. The Morgan fingerprint density at radius 3 is 2.38 bits per heavy atom. The van der Waals surface area contributed by atoms with Crippen LogP contribution < -0.4 is 0 Å². The Labute approximate surface area is 152 Å². The van der Waals surface area contributed by atoms with Crippen molar-refractivity contribution in [3.05, 3.63) is 80.6 Å². The zero-order valence-corrected chi connectivity index (χ0v) is 15.6. The third kappa shape index (κ3) is 3.25. The van der Waals surface area contributed by atoms with Crippen LogP contribution in [0.3, 0.4) is 0 Å². The Kier molecular flexibility index (Phi) is 4.78. The molecule has 0 spiro atoms. The van der Waals surface area contributed by atoms with Gasteiger partial charge in [-0.05, 0) is 50.2 Å². The van der Waals surface area contributed by atoms with Gasteiger partial charge >= 0.3 is 0 Å². The molecule has 0 saturated carbocycles. The van der Waals surface area contributed by atoms with E-state index in [4.69, 9.17) is 0 Å². The van der Waals surface area contributed by atoms with Crippen molar-refractivity contribution < 1.29 is 4.92 Å². The molecule has 0 amide bonds.